The lowest BCUT2D eigenvalue weighted by atomic mass is 9.87. The third-order valence-corrected chi connectivity index (χ3v) is 4.91. The predicted molar refractivity (Wildman–Crippen MR) is 109 cm³/mol. The first kappa shape index (κ1) is 21.0. The Morgan fingerprint density at radius 2 is 2.07 bits per heavy atom. The van der Waals surface area contributed by atoms with Gasteiger partial charge in [0, 0.05) is 49.4 Å². The number of hydrogen-bond donors (Lipinski definition) is 3. The van der Waals surface area contributed by atoms with Gasteiger partial charge in [-0.25, -0.2) is 5.84 Å². The van der Waals surface area contributed by atoms with Gasteiger partial charge in [-0.3, -0.25) is 9.59 Å². The van der Waals surface area contributed by atoms with Crippen molar-refractivity contribution in [1.82, 2.24) is 9.58 Å². The lowest BCUT2D eigenvalue weighted by molar-refractivity contribution is -0.117. The number of unbranched alkanes of at least 4 members (excludes halogenated alkanes) is 1. The summed E-state index contributed by atoms with van der Waals surface area (Å²) in [6.07, 6.45) is 11.7. The number of hydrogen-bond acceptors (Lipinski definition) is 5. The summed E-state index contributed by atoms with van der Waals surface area (Å²) in [5, 5.41) is 4.42. The van der Waals surface area contributed by atoms with Crippen LogP contribution in [-0.4, -0.2) is 22.0 Å². The molecule has 1 saturated carbocycles. The molecule has 0 bridgehead atoms. The number of pyridine rings is 1. The second kappa shape index (κ2) is 10.8. The van der Waals surface area contributed by atoms with Crippen LogP contribution >= 0.6 is 0 Å². The third kappa shape index (κ3) is 7.86. The van der Waals surface area contributed by atoms with Gasteiger partial charge in [-0.15, -0.1) is 0 Å². The summed E-state index contributed by atoms with van der Waals surface area (Å²) in [6.45, 7) is 3.09. The Bertz CT molecular complexity index is 688. The van der Waals surface area contributed by atoms with E-state index in [1.165, 1.54) is 25.3 Å². The van der Waals surface area contributed by atoms with E-state index in [2.05, 4.69) is 5.32 Å². The minimum atomic E-state index is -0.104. The second-order valence-electron chi connectivity index (χ2n) is 7.52. The van der Waals surface area contributed by atoms with Crippen LogP contribution in [0.3, 0.4) is 0 Å². The van der Waals surface area contributed by atoms with Crippen molar-refractivity contribution in [1.29, 1.82) is 0 Å². The zero-order valence-electron chi connectivity index (χ0n) is 16.3. The summed E-state index contributed by atoms with van der Waals surface area (Å²) in [5.74, 6) is 6.28. The number of allylic oxidation sites excluding steroid dienone is 1. The Kier molecular flexibility index (Phi) is 8.39. The highest BCUT2D eigenvalue weighted by Gasteiger charge is 2.17. The molecule has 5 N–H and O–H groups in total. The molecule has 7 nitrogen and oxygen atoms in total. The quantitative estimate of drug-likeness (QED) is 0.349. The first-order valence-electron chi connectivity index (χ1n) is 9.89. The summed E-state index contributed by atoms with van der Waals surface area (Å²) in [4.78, 5) is 24.4. The summed E-state index contributed by atoms with van der Waals surface area (Å²) in [5.41, 5.74) is 6.71. The first-order valence-corrected chi connectivity index (χ1v) is 9.89. The number of hydrazine groups is 1. The molecule has 1 aliphatic carbocycles. The Balaban J connectivity index is 1.76. The van der Waals surface area contributed by atoms with Crippen molar-refractivity contribution in [2.75, 3.05) is 11.9 Å². The van der Waals surface area contributed by atoms with Crippen LogP contribution in [0.5, 0.6) is 0 Å². The molecule has 0 radical (unpaired) electrons. The van der Waals surface area contributed by atoms with Crippen molar-refractivity contribution in [2.24, 2.45) is 17.5 Å². The van der Waals surface area contributed by atoms with E-state index in [0.717, 1.165) is 25.7 Å². The predicted octanol–water partition coefficient (Wildman–Crippen LogP) is 2.53. The standard InChI is InChI=1S/C20H33N5O2/c1-16(21)15-25(22)11-6-5-10-24-12-9-18(14-20(24)27)23-19(26)13-17-7-3-2-4-8-17/h9,12,14-15,17H,2-8,10-11,13,21-22H2,1H3,(H,23,26)/b16-15-. The lowest BCUT2D eigenvalue weighted by Crippen LogP contribution is -2.28. The number of rotatable bonds is 9. The monoisotopic (exact) mass is 375 g/mol. The molecular weight excluding hydrogens is 342 g/mol. The van der Waals surface area contributed by atoms with E-state index in [9.17, 15) is 9.59 Å². The third-order valence-electron chi connectivity index (χ3n) is 4.91. The second-order valence-corrected chi connectivity index (χ2v) is 7.52. The fourth-order valence-corrected chi connectivity index (χ4v) is 3.54. The van der Waals surface area contributed by atoms with Gasteiger partial charge in [-0.05, 0) is 44.6 Å². The Hall–Kier alpha value is -2.28. The van der Waals surface area contributed by atoms with Crippen LogP contribution in [-0.2, 0) is 11.3 Å². The van der Waals surface area contributed by atoms with Gasteiger partial charge in [-0.1, -0.05) is 19.3 Å². The maximum atomic E-state index is 12.2. The van der Waals surface area contributed by atoms with Crippen LogP contribution in [0, 0.1) is 5.92 Å². The normalized spacial score (nSPS) is 15.6. The van der Waals surface area contributed by atoms with Crippen molar-refractivity contribution in [3.8, 4) is 0 Å². The molecule has 0 saturated heterocycles. The highest BCUT2D eigenvalue weighted by molar-refractivity contribution is 5.90. The van der Waals surface area contributed by atoms with E-state index >= 15 is 0 Å². The average molecular weight is 376 g/mol. The number of carbonyl (C=O) groups is 1. The number of nitrogens with zero attached hydrogens (tertiary/aromatic N) is 2. The van der Waals surface area contributed by atoms with Crippen molar-refractivity contribution >= 4 is 11.6 Å². The Morgan fingerprint density at radius 3 is 2.74 bits per heavy atom. The number of aryl methyl sites for hydroxylation is 1. The maximum absolute atomic E-state index is 12.2. The van der Waals surface area contributed by atoms with Crippen LogP contribution in [0.25, 0.3) is 0 Å². The smallest absolute Gasteiger partial charge is 0.252 e. The SMILES string of the molecule is C/C(N)=C/N(N)CCCCn1ccc(NC(=O)CC2CCCCC2)cc1=O. The van der Waals surface area contributed by atoms with E-state index in [-0.39, 0.29) is 11.5 Å². The van der Waals surface area contributed by atoms with E-state index in [4.69, 9.17) is 11.6 Å². The topological polar surface area (TPSA) is 106 Å². The molecule has 1 amide bonds. The van der Waals surface area contributed by atoms with Crippen LogP contribution in [0.1, 0.15) is 58.3 Å². The fourth-order valence-electron chi connectivity index (χ4n) is 3.54. The summed E-state index contributed by atoms with van der Waals surface area (Å²) in [6, 6.07) is 3.28. The van der Waals surface area contributed by atoms with Gasteiger partial charge < -0.3 is 20.6 Å². The molecule has 0 aliphatic heterocycles. The number of anilines is 1. The molecule has 1 fully saturated rings. The van der Waals surface area contributed by atoms with Crippen molar-refractivity contribution in [3.05, 3.63) is 40.6 Å². The molecule has 0 spiro atoms. The molecule has 150 valence electrons. The molecular formula is C20H33N5O2. The van der Waals surface area contributed by atoms with Crippen molar-refractivity contribution in [2.45, 2.75) is 64.8 Å². The van der Waals surface area contributed by atoms with E-state index in [1.54, 1.807) is 35.0 Å². The molecule has 7 heteroatoms. The van der Waals surface area contributed by atoms with E-state index in [0.29, 0.717) is 36.8 Å². The number of aromatic nitrogens is 1. The van der Waals surface area contributed by atoms with Gasteiger partial charge in [0.2, 0.25) is 5.91 Å². The molecule has 0 atom stereocenters. The van der Waals surface area contributed by atoms with Crippen molar-refractivity contribution < 1.29 is 4.79 Å². The van der Waals surface area contributed by atoms with Crippen LogP contribution < -0.4 is 22.5 Å². The molecule has 27 heavy (non-hydrogen) atoms. The highest BCUT2D eigenvalue weighted by Crippen LogP contribution is 2.26. The molecule has 0 aromatic carbocycles. The average Bonchev–Trinajstić information content (AvgIpc) is 2.60. The van der Waals surface area contributed by atoms with Crippen molar-refractivity contribution in [3.63, 3.8) is 0 Å². The molecule has 1 aromatic rings. The minimum Gasteiger partial charge on any atom is -0.401 e. The summed E-state index contributed by atoms with van der Waals surface area (Å²) < 4.78 is 1.65. The summed E-state index contributed by atoms with van der Waals surface area (Å²) >= 11 is 0. The molecule has 2 rings (SSSR count). The molecule has 0 unspecified atom stereocenters. The number of carbonyl (C=O) groups excluding carboxylic acids is 1. The maximum Gasteiger partial charge on any atom is 0.252 e. The van der Waals surface area contributed by atoms with Crippen LogP contribution in [0.2, 0.25) is 0 Å². The van der Waals surface area contributed by atoms with Gasteiger partial charge in [-0.2, -0.15) is 0 Å². The largest absolute Gasteiger partial charge is 0.401 e. The minimum absolute atomic E-state index is 0.00494. The van der Waals surface area contributed by atoms with Gasteiger partial charge in [0.15, 0.2) is 0 Å². The Labute approximate surface area is 161 Å². The van der Waals surface area contributed by atoms with E-state index < -0.39 is 0 Å². The number of nitrogens with two attached hydrogens (primary N) is 2. The Morgan fingerprint density at radius 1 is 1.33 bits per heavy atom. The zero-order valence-corrected chi connectivity index (χ0v) is 16.3. The van der Waals surface area contributed by atoms with Gasteiger partial charge >= 0.3 is 0 Å². The fraction of sp³-hybridized carbons (Fsp3) is 0.600. The zero-order chi connectivity index (χ0) is 19.6. The number of nitrogens with one attached hydrogen (secondary N) is 1. The number of amides is 1. The van der Waals surface area contributed by atoms with Gasteiger partial charge in [0.25, 0.3) is 5.56 Å². The van der Waals surface area contributed by atoms with Gasteiger partial charge in [0.05, 0.1) is 0 Å². The molecule has 1 aliphatic rings. The highest BCUT2D eigenvalue weighted by atomic mass is 16.1. The first-order chi connectivity index (χ1) is 12.9. The summed E-state index contributed by atoms with van der Waals surface area (Å²) in [7, 11) is 0. The molecule has 1 heterocycles. The van der Waals surface area contributed by atoms with Crippen LogP contribution in [0.15, 0.2) is 35.0 Å². The van der Waals surface area contributed by atoms with Gasteiger partial charge in [0.1, 0.15) is 0 Å². The van der Waals surface area contributed by atoms with E-state index in [1.807, 2.05) is 0 Å². The van der Waals surface area contributed by atoms with Crippen LogP contribution in [0.4, 0.5) is 5.69 Å². The lowest BCUT2D eigenvalue weighted by Gasteiger charge is -2.20. The molecule has 1 aromatic heterocycles.